The summed E-state index contributed by atoms with van der Waals surface area (Å²) in [5.41, 5.74) is 11.4. The fourth-order valence-corrected chi connectivity index (χ4v) is 2.80. The van der Waals surface area contributed by atoms with Gasteiger partial charge in [-0.15, -0.1) is 0 Å². The van der Waals surface area contributed by atoms with Gasteiger partial charge in [0.1, 0.15) is 23.3 Å². The van der Waals surface area contributed by atoms with Gasteiger partial charge in [-0.1, -0.05) is 6.07 Å². The Morgan fingerprint density at radius 2 is 1.81 bits per heavy atom. The van der Waals surface area contributed by atoms with Crippen molar-refractivity contribution in [2.45, 2.75) is 19.3 Å². The smallest absolute Gasteiger partial charge is 0.133 e. The summed E-state index contributed by atoms with van der Waals surface area (Å²) in [6.07, 6.45) is 4.89. The van der Waals surface area contributed by atoms with Crippen LogP contribution in [0.3, 0.4) is 0 Å². The third kappa shape index (κ3) is 3.39. The van der Waals surface area contributed by atoms with Crippen molar-refractivity contribution in [1.82, 2.24) is 15.0 Å². The second kappa shape index (κ2) is 5.95. The first-order chi connectivity index (χ1) is 10.2. The first kappa shape index (κ1) is 13.6. The number of hydrogen-bond acceptors (Lipinski definition) is 6. The van der Waals surface area contributed by atoms with Gasteiger partial charge in [-0.3, -0.25) is 0 Å². The Bertz CT molecular complexity index is 572. The van der Waals surface area contributed by atoms with Gasteiger partial charge in [0, 0.05) is 31.8 Å². The van der Waals surface area contributed by atoms with Crippen molar-refractivity contribution in [2.24, 2.45) is 5.92 Å². The number of nitrogen functional groups attached to an aromatic ring is 2. The van der Waals surface area contributed by atoms with Crippen LogP contribution in [0.25, 0.3) is 0 Å². The molecule has 0 aromatic carbocycles. The van der Waals surface area contributed by atoms with Crippen molar-refractivity contribution in [3.05, 3.63) is 36.3 Å². The maximum Gasteiger partial charge on any atom is 0.133 e. The van der Waals surface area contributed by atoms with E-state index >= 15 is 0 Å². The maximum atomic E-state index is 5.72. The quantitative estimate of drug-likeness (QED) is 0.887. The van der Waals surface area contributed by atoms with Gasteiger partial charge in [0.15, 0.2) is 0 Å². The molecule has 21 heavy (non-hydrogen) atoms. The molecule has 2 aromatic rings. The van der Waals surface area contributed by atoms with Gasteiger partial charge in [0.2, 0.25) is 0 Å². The molecule has 0 amide bonds. The highest BCUT2D eigenvalue weighted by Gasteiger charge is 2.21. The molecular weight excluding hydrogens is 264 g/mol. The number of aromatic nitrogens is 3. The predicted molar refractivity (Wildman–Crippen MR) is 83.7 cm³/mol. The molecule has 0 bridgehead atoms. The molecule has 6 nitrogen and oxygen atoms in total. The molecule has 2 aromatic heterocycles. The average Bonchev–Trinajstić information content (AvgIpc) is 2.48. The molecule has 0 unspecified atom stereocenters. The number of hydrogen-bond donors (Lipinski definition) is 2. The standard InChI is InChI=1S/C15H20N6/c16-12-10-13(17)20-14(19-12)9-11-4-7-21(8-5-11)15-3-1-2-6-18-15/h1-3,6,10-11H,4-5,7-9H2,(H4,16,17,19,20). The molecule has 0 saturated carbocycles. The Morgan fingerprint density at radius 1 is 1.10 bits per heavy atom. The van der Waals surface area contributed by atoms with E-state index in [4.69, 9.17) is 11.5 Å². The maximum absolute atomic E-state index is 5.72. The average molecular weight is 284 g/mol. The third-order valence-electron chi connectivity index (χ3n) is 3.87. The van der Waals surface area contributed by atoms with Crippen LogP contribution in [0.1, 0.15) is 18.7 Å². The van der Waals surface area contributed by atoms with Crippen LogP contribution in [0.15, 0.2) is 30.5 Å². The first-order valence-electron chi connectivity index (χ1n) is 7.25. The molecule has 0 atom stereocenters. The van der Waals surface area contributed by atoms with E-state index in [9.17, 15) is 0 Å². The lowest BCUT2D eigenvalue weighted by Gasteiger charge is -2.32. The van der Waals surface area contributed by atoms with Crippen molar-refractivity contribution in [3.63, 3.8) is 0 Å². The number of rotatable bonds is 3. The number of nitrogens with two attached hydrogens (primary N) is 2. The Labute approximate surface area is 124 Å². The van der Waals surface area contributed by atoms with Crippen LogP contribution >= 0.6 is 0 Å². The summed E-state index contributed by atoms with van der Waals surface area (Å²) >= 11 is 0. The highest BCUT2D eigenvalue weighted by molar-refractivity contribution is 5.41. The van der Waals surface area contributed by atoms with Crippen molar-refractivity contribution >= 4 is 17.5 Å². The van der Waals surface area contributed by atoms with Gasteiger partial charge < -0.3 is 16.4 Å². The van der Waals surface area contributed by atoms with E-state index in [2.05, 4.69) is 25.9 Å². The van der Waals surface area contributed by atoms with E-state index < -0.39 is 0 Å². The minimum absolute atomic E-state index is 0.448. The van der Waals surface area contributed by atoms with Crippen LogP contribution in [-0.2, 0) is 6.42 Å². The van der Waals surface area contributed by atoms with Gasteiger partial charge in [-0.25, -0.2) is 15.0 Å². The number of piperidine rings is 1. The second-order valence-electron chi connectivity index (χ2n) is 5.46. The van der Waals surface area contributed by atoms with E-state index in [1.807, 2.05) is 18.3 Å². The zero-order valence-electron chi connectivity index (χ0n) is 11.9. The van der Waals surface area contributed by atoms with Crippen LogP contribution in [0.5, 0.6) is 0 Å². The Hall–Kier alpha value is -2.37. The summed E-state index contributed by atoms with van der Waals surface area (Å²) in [4.78, 5) is 15.3. The van der Waals surface area contributed by atoms with Gasteiger partial charge in [-0.2, -0.15) is 0 Å². The Kier molecular flexibility index (Phi) is 3.85. The molecule has 1 saturated heterocycles. The minimum atomic E-state index is 0.448. The topological polar surface area (TPSA) is 94.0 Å². The van der Waals surface area contributed by atoms with Crippen molar-refractivity contribution < 1.29 is 0 Å². The molecule has 110 valence electrons. The zero-order valence-corrected chi connectivity index (χ0v) is 11.9. The highest BCUT2D eigenvalue weighted by atomic mass is 15.2. The SMILES string of the molecule is Nc1cc(N)nc(CC2CCN(c3ccccn3)CC2)n1. The molecule has 0 aliphatic carbocycles. The largest absolute Gasteiger partial charge is 0.384 e. The van der Waals surface area contributed by atoms with Crippen LogP contribution in [0.2, 0.25) is 0 Å². The summed E-state index contributed by atoms with van der Waals surface area (Å²) in [7, 11) is 0. The summed E-state index contributed by atoms with van der Waals surface area (Å²) in [6.45, 7) is 2.03. The lowest BCUT2D eigenvalue weighted by atomic mass is 9.93. The van der Waals surface area contributed by atoms with E-state index in [1.165, 1.54) is 0 Å². The molecule has 6 heteroatoms. The van der Waals surface area contributed by atoms with Crippen LogP contribution < -0.4 is 16.4 Å². The van der Waals surface area contributed by atoms with Crippen molar-refractivity contribution in [3.8, 4) is 0 Å². The summed E-state index contributed by atoms with van der Waals surface area (Å²) < 4.78 is 0. The van der Waals surface area contributed by atoms with Crippen molar-refractivity contribution in [1.29, 1.82) is 0 Å². The monoisotopic (exact) mass is 284 g/mol. The lowest BCUT2D eigenvalue weighted by Crippen LogP contribution is -2.35. The molecule has 3 heterocycles. The van der Waals surface area contributed by atoms with Crippen molar-refractivity contribution in [2.75, 3.05) is 29.5 Å². The van der Waals surface area contributed by atoms with E-state index in [-0.39, 0.29) is 0 Å². The Morgan fingerprint density at radius 3 is 2.43 bits per heavy atom. The molecule has 1 aliphatic heterocycles. The number of anilines is 3. The van der Waals surface area contributed by atoms with E-state index in [0.717, 1.165) is 44.0 Å². The predicted octanol–water partition coefficient (Wildman–Crippen LogP) is 1.50. The second-order valence-corrected chi connectivity index (χ2v) is 5.46. The third-order valence-corrected chi connectivity index (χ3v) is 3.87. The summed E-state index contributed by atoms with van der Waals surface area (Å²) in [5.74, 6) is 3.28. The van der Waals surface area contributed by atoms with Gasteiger partial charge in [0.05, 0.1) is 0 Å². The van der Waals surface area contributed by atoms with Crippen LogP contribution in [0, 0.1) is 5.92 Å². The summed E-state index contributed by atoms with van der Waals surface area (Å²) in [5, 5.41) is 0. The zero-order chi connectivity index (χ0) is 14.7. The van der Waals surface area contributed by atoms with Crippen LogP contribution in [0.4, 0.5) is 17.5 Å². The van der Waals surface area contributed by atoms with Crippen LogP contribution in [-0.4, -0.2) is 28.0 Å². The number of nitrogens with zero attached hydrogens (tertiary/aromatic N) is 4. The molecule has 0 spiro atoms. The van der Waals surface area contributed by atoms with Gasteiger partial charge >= 0.3 is 0 Å². The van der Waals surface area contributed by atoms with Gasteiger partial charge in [-0.05, 0) is 30.9 Å². The normalized spacial score (nSPS) is 16.1. The molecule has 4 N–H and O–H groups in total. The molecule has 3 rings (SSSR count). The minimum Gasteiger partial charge on any atom is -0.384 e. The molecule has 0 radical (unpaired) electrons. The Balaban J connectivity index is 1.58. The van der Waals surface area contributed by atoms with E-state index in [1.54, 1.807) is 6.07 Å². The van der Waals surface area contributed by atoms with Gasteiger partial charge in [0.25, 0.3) is 0 Å². The molecule has 1 fully saturated rings. The fraction of sp³-hybridized carbons (Fsp3) is 0.400. The molecule has 1 aliphatic rings. The highest BCUT2D eigenvalue weighted by Crippen LogP contribution is 2.24. The lowest BCUT2D eigenvalue weighted by molar-refractivity contribution is 0.396. The molecular formula is C15H20N6. The number of pyridine rings is 1. The summed E-state index contributed by atoms with van der Waals surface area (Å²) in [6, 6.07) is 7.62. The fourth-order valence-electron chi connectivity index (χ4n) is 2.80. The van der Waals surface area contributed by atoms with E-state index in [0.29, 0.717) is 17.6 Å². The first-order valence-corrected chi connectivity index (χ1v) is 7.25.